The maximum atomic E-state index is 13.2. The molecule has 80 valence electrons. The van der Waals surface area contributed by atoms with Crippen molar-refractivity contribution in [3.8, 4) is 0 Å². The standard InChI is InChI=1S/C12H19FO/c1-3-5-7-10-9-14-12(13)11(10)8-6-4-2/h9H,3-8H2,1-2H3. The Hall–Kier alpha value is -0.790. The van der Waals surface area contributed by atoms with Crippen molar-refractivity contribution in [3.63, 3.8) is 0 Å². The molecule has 0 N–H and O–H groups in total. The Kier molecular flexibility index (Phi) is 4.71. The molecular formula is C12H19FO. The molecule has 0 radical (unpaired) electrons. The number of furan rings is 1. The molecule has 1 rings (SSSR count). The van der Waals surface area contributed by atoms with Gasteiger partial charge in [-0.15, -0.1) is 0 Å². The number of halogens is 1. The molecule has 0 unspecified atom stereocenters. The fourth-order valence-electron chi connectivity index (χ4n) is 1.58. The van der Waals surface area contributed by atoms with E-state index in [1.807, 2.05) is 0 Å². The van der Waals surface area contributed by atoms with Crippen LogP contribution in [0.2, 0.25) is 0 Å². The monoisotopic (exact) mass is 198 g/mol. The van der Waals surface area contributed by atoms with Gasteiger partial charge in [0.1, 0.15) is 0 Å². The van der Waals surface area contributed by atoms with Crippen LogP contribution in [-0.2, 0) is 12.8 Å². The van der Waals surface area contributed by atoms with Crippen LogP contribution in [0.1, 0.15) is 50.7 Å². The van der Waals surface area contributed by atoms with Crippen LogP contribution in [0.25, 0.3) is 0 Å². The van der Waals surface area contributed by atoms with Gasteiger partial charge in [0.05, 0.1) is 6.26 Å². The molecule has 0 saturated heterocycles. The van der Waals surface area contributed by atoms with Crippen LogP contribution in [0.5, 0.6) is 0 Å². The van der Waals surface area contributed by atoms with Crippen LogP contribution in [0, 0.1) is 6.01 Å². The molecule has 1 aromatic rings. The second kappa shape index (κ2) is 5.84. The van der Waals surface area contributed by atoms with E-state index in [9.17, 15) is 4.39 Å². The van der Waals surface area contributed by atoms with Crippen LogP contribution in [0.15, 0.2) is 10.7 Å². The molecule has 0 atom stereocenters. The van der Waals surface area contributed by atoms with Crippen molar-refractivity contribution >= 4 is 0 Å². The maximum Gasteiger partial charge on any atom is 0.281 e. The van der Waals surface area contributed by atoms with Crippen molar-refractivity contribution in [2.75, 3.05) is 0 Å². The summed E-state index contributed by atoms with van der Waals surface area (Å²) in [5.74, 6) is 0. The normalized spacial score (nSPS) is 10.8. The molecule has 0 amide bonds. The van der Waals surface area contributed by atoms with Crippen molar-refractivity contribution < 1.29 is 8.81 Å². The lowest BCUT2D eigenvalue weighted by molar-refractivity contribution is 0.351. The average Bonchev–Trinajstić information content (AvgIpc) is 2.53. The summed E-state index contributed by atoms with van der Waals surface area (Å²) in [4.78, 5) is 0. The molecule has 0 aliphatic rings. The summed E-state index contributed by atoms with van der Waals surface area (Å²) in [6.45, 7) is 4.26. The lowest BCUT2D eigenvalue weighted by Crippen LogP contribution is -1.92. The second-order valence-electron chi connectivity index (χ2n) is 3.72. The van der Waals surface area contributed by atoms with Gasteiger partial charge in [-0.25, -0.2) is 0 Å². The number of hydrogen-bond acceptors (Lipinski definition) is 1. The SMILES string of the molecule is CCCCc1coc(F)c1CCCC. The van der Waals surface area contributed by atoms with Gasteiger partial charge in [0.25, 0.3) is 6.01 Å². The third-order valence-corrected chi connectivity index (χ3v) is 2.51. The molecule has 0 saturated carbocycles. The van der Waals surface area contributed by atoms with E-state index in [4.69, 9.17) is 4.42 Å². The van der Waals surface area contributed by atoms with E-state index in [-0.39, 0.29) is 6.01 Å². The smallest absolute Gasteiger partial charge is 0.281 e. The molecule has 0 aromatic carbocycles. The molecule has 1 heterocycles. The zero-order valence-electron chi connectivity index (χ0n) is 9.11. The fourth-order valence-corrected chi connectivity index (χ4v) is 1.58. The van der Waals surface area contributed by atoms with Gasteiger partial charge in [0.15, 0.2) is 0 Å². The molecule has 0 fully saturated rings. The summed E-state index contributed by atoms with van der Waals surface area (Å²) in [6.07, 6.45) is 7.72. The molecule has 14 heavy (non-hydrogen) atoms. The van der Waals surface area contributed by atoms with Gasteiger partial charge in [-0.3, -0.25) is 0 Å². The van der Waals surface area contributed by atoms with E-state index in [1.165, 1.54) is 0 Å². The first-order chi connectivity index (χ1) is 6.79. The van der Waals surface area contributed by atoms with E-state index < -0.39 is 0 Å². The summed E-state index contributed by atoms with van der Waals surface area (Å²) in [6, 6.07) is -0.371. The third kappa shape index (κ3) is 2.86. The largest absolute Gasteiger partial charge is 0.439 e. The lowest BCUT2D eigenvalue weighted by Gasteiger charge is -2.00. The zero-order chi connectivity index (χ0) is 10.4. The van der Waals surface area contributed by atoms with Gasteiger partial charge < -0.3 is 4.42 Å². The van der Waals surface area contributed by atoms with Gasteiger partial charge in [-0.05, 0) is 31.2 Å². The molecule has 2 heteroatoms. The Morgan fingerprint density at radius 3 is 2.43 bits per heavy atom. The minimum absolute atomic E-state index is 0.371. The Balaban J connectivity index is 2.62. The highest BCUT2D eigenvalue weighted by Crippen LogP contribution is 2.20. The first kappa shape index (κ1) is 11.3. The summed E-state index contributed by atoms with van der Waals surface area (Å²) >= 11 is 0. The van der Waals surface area contributed by atoms with Gasteiger partial charge >= 0.3 is 0 Å². The third-order valence-electron chi connectivity index (χ3n) is 2.51. The highest BCUT2D eigenvalue weighted by atomic mass is 19.1. The number of unbranched alkanes of at least 4 members (excludes halogenated alkanes) is 2. The van der Waals surface area contributed by atoms with Crippen molar-refractivity contribution in [2.24, 2.45) is 0 Å². The predicted octanol–water partition coefficient (Wildman–Crippen LogP) is 4.10. The predicted molar refractivity (Wildman–Crippen MR) is 55.9 cm³/mol. The molecule has 0 aliphatic carbocycles. The zero-order valence-corrected chi connectivity index (χ0v) is 9.11. The highest BCUT2D eigenvalue weighted by molar-refractivity contribution is 5.22. The highest BCUT2D eigenvalue weighted by Gasteiger charge is 2.11. The van der Waals surface area contributed by atoms with E-state index in [2.05, 4.69) is 13.8 Å². The minimum atomic E-state index is -0.371. The molecule has 0 spiro atoms. The van der Waals surface area contributed by atoms with Crippen LogP contribution in [0.3, 0.4) is 0 Å². The summed E-state index contributed by atoms with van der Waals surface area (Å²) in [5, 5.41) is 0. The topological polar surface area (TPSA) is 13.1 Å². The van der Waals surface area contributed by atoms with Crippen LogP contribution >= 0.6 is 0 Å². The van der Waals surface area contributed by atoms with E-state index in [0.717, 1.165) is 49.7 Å². The summed E-state index contributed by atoms with van der Waals surface area (Å²) in [5.41, 5.74) is 1.87. The Morgan fingerprint density at radius 1 is 1.14 bits per heavy atom. The second-order valence-corrected chi connectivity index (χ2v) is 3.72. The van der Waals surface area contributed by atoms with Crippen LogP contribution in [-0.4, -0.2) is 0 Å². The minimum Gasteiger partial charge on any atom is -0.439 e. The Bertz CT molecular complexity index is 265. The number of hydrogen-bond donors (Lipinski definition) is 0. The quantitative estimate of drug-likeness (QED) is 0.670. The van der Waals surface area contributed by atoms with Gasteiger partial charge in [0.2, 0.25) is 0 Å². The van der Waals surface area contributed by atoms with Crippen molar-refractivity contribution in [2.45, 2.75) is 52.4 Å². The van der Waals surface area contributed by atoms with Gasteiger partial charge in [0, 0.05) is 5.56 Å². The Labute approximate surface area is 85.3 Å². The van der Waals surface area contributed by atoms with Crippen molar-refractivity contribution in [3.05, 3.63) is 23.4 Å². The van der Waals surface area contributed by atoms with Gasteiger partial charge in [-0.2, -0.15) is 4.39 Å². The van der Waals surface area contributed by atoms with E-state index >= 15 is 0 Å². The molecule has 0 aliphatic heterocycles. The molecular weight excluding hydrogens is 179 g/mol. The maximum absolute atomic E-state index is 13.2. The lowest BCUT2D eigenvalue weighted by atomic mass is 10.0. The Morgan fingerprint density at radius 2 is 1.79 bits per heavy atom. The van der Waals surface area contributed by atoms with E-state index in [0.29, 0.717) is 0 Å². The first-order valence-corrected chi connectivity index (χ1v) is 5.54. The molecule has 1 aromatic heterocycles. The fraction of sp³-hybridized carbons (Fsp3) is 0.667. The number of aryl methyl sites for hydroxylation is 1. The van der Waals surface area contributed by atoms with Crippen LogP contribution in [0.4, 0.5) is 4.39 Å². The van der Waals surface area contributed by atoms with Gasteiger partial charge in [-0.1, -0.05) is 26.7 Å². The molecule has 0 bridgehead atoms. The summed E-state index contributed by atoms with van der Waals surface area (Å²) < 4.78 is 18.0. The number of rotatable bonds is 6. The van der Waals surface area contributed by atoms with Crippen molar-refractivity contribution in [1.82, 2.24) is 0 Å². The first-order valence-electron chi connectivity index (χ1n) is 5.54. The molecule has 1 nitrogen and oxygen atoms in total. The van der Waals surface area contributed by atoms with Crippen LogP contribution < -0.4 is 0 Å². The average molecular weight is 198 g/mol. The van der Waals surface area contributed by atoms with E-state index in [1.54, 1.807) is 6.26 Å². The summed E-state index contributed by atoms with van der Waals surface area (Å²) in [7, 11) is 0. The van der Waals surface area contributed by atoms with Crippen molar-refractivity contribution in [1.29, 1.82) is 0 Å².